The molecule has 0 aromatic heterocycles. The van der Waals surface area contributed by atoms with Crippen molar-refractivity contribution in [3.05, 3.63) is 29.8 Å². The minimum Gasteiger partial charge on any atom is -0.481 e. The summed E-state index contributed by atoms with van der Waals surface area (Å²) in [5.74, 6) is -4.55. The van der Waals surface area contributed by atoms with E-state index in [0.717, 1.165) is 18.4 Å². The molecule has 4 N–H and O–H groups in total. The van der Waals surface area contributed by atoms with Crippen LogP contribution in [0.4, 0.5) is 5.69 Å². The summed E-state index contributed by atoms with van der Waals surface area (Å²) in [5.41, 5.74) is 0.324. The molecule has 1 heterocycles. The average molecular weight is 531 g/mol. The van der Waals surface area contributed by atoms with Crippen molar-refractivity contribution in [3.63, 3.8) is 0 Å². The lowest BCUT2D eigenvalue weighted by molar-refractivity contribution is -0.148. The van der Waals surface area contributed by atoms with Gasteiger partial charge in [0.2, 0.25) is 17.7 Å². The van der Waals surface area contributed by atoms with Crippen LogP contribution in [-0.2, 0) is 30.4 Å². The van der Waals surface area contributed by atoms with Gasteiger partial charge < -0.3 is 25.7 Å². The summed E-state index contributed by atoms with van der Waals surface area (Å²) in [7, 11) is 3.38. The van der Waals surface area contributed by atoms with Crippen LogP contribution in [0.3, 0.4) is 0 Å². The third-order valence-corrected chi connectivity index (χ3v) is 7.72. The van der Waals surface area contributed by atoms with Crippen LogP contribution in [0.25, 0.3) is 0 Å². The second-order valence-corrected chi connectivity index (χ2v) is 10.4. The Hall–Kier alpha value is -3.47. The number of para-hydroxylation sites is 1. The zero-order valence-corrected chi connectivity index (χ0v) is 22.1. The molecule has 0 bridgehead atoms. The van der Waals surface area contributed by atoms with Gasteiger partial charge in [-0.1, -0.05) is 31.0 Å². The minimum absolute atomic E-state index is 0.000247. The first-order chi connectivity index (χ1) is 18.1. The largest absolute Gasteiger partial charge is 0.481 e. The molecule has 2 atom stereocenters. The number of nitrogens with one attached hydrogen (secondary N) is 2. The molecule has 3 rings (SSSR count). The van der Waals surface area contributed by atoms with Gasteiger partial charge in [-0.2, -0.15) is 0 Å². The van der Waals surface area contributed by atoms with Crippen LogP contribution < -0.4 is 15.5 Å². The molecule has 0 spiro atoms. The lowest BCUT2D eigenvalue weighted by Crippen LogP contribution is -2.53. The summed E-state index contributed by atoms with van der Waals surface area (Å²) in [6.07, 6.45) is 2.97. The van der Waals surface area contributed by atoms with E-state index in [1.807, 2.05) is 12.1 Å². The van der Waals surface area contributed by atoms with E-state index in [4.69, 9.17) is 0 Å². The Kier molecular flexibility index (Phi) is 9.84. The SMILES string of the molecule is CNCCN(C)C(=O)CC(CC1(C(=O)NC2CCc3ccccc3N(CC(=O)O)C2=O)CCCC1)C(=O)O. The maximum atomic E-state index is 13.7. The highest BCUT2D eigenvalue weighted by molar-refractivity contribution is 6.03. The Bertz CT molecular complexity index is 1050. The van der Waals surface area contributed by atoms with Crippen LogP contribution >= 0.6 is 0 Å². The van der Waals surface area contributed by atoms with Gasteiger partial charge in [0.05, 0.1) is 11.3 Å². The Morgan fingerprint density at radius 2 is 1.84 bits per heavy atom. The molecular formula is C27H38N4O7. The highest BCUT2D eigenvalue weighted by Crippen LogP contribution is 2.44. The minimum atomic E-state index is -1.17. The number of rotatable bonds is 12. The molecule has 1 saturated carbocycles. The van der Waals surface area contributed by atoms with Crippen molar-refractivity contribution in [1.82, 2.24) is 15.5 Å². The van der Waals surface area contributed by atoms with Gasteiger partial charge in [0.15, 0.2) is 0 Å². The number of carboxylic acid groups (broad SMARTS) is 2. The molecule has 2 unspecified atom stereocenters. The van der Waals surface area contributed by atoms with Gasteiger partial charge in [-0.05, 0) is 50.8 Å². The van der Waals surface area contributed by atoms with E-state index in [1.165, 1.54) is 9.80 Å². The summed E-state index contributed by atoms with van der Waals surface area (Å²) in [6.45, 7) is 0.481. The van der Waals surface area contributed by atoms with Crippen LogP contribution in [0.1, 0.15) is 50.5 Å². The van der Waals surface area contributed by atoms with Gasteiger partial charge in [-0.3, -0.25) is 28.9 Å². The molecular weight excluding hydrogens is 492 g/mol. The first-order valence-corrected chi connectivity index (χ1v) is 13.1. The third kappa shape index (κ3) is 6.89. The smallest absolute Gasteiger partial charge is 0.323 e. The van der Waals surface area contributed by atoms with Crippen molar-refractivity contribution in [1.29, 1.82) is 0 Å². The van der Waals surface area contributed by atoms with E-state index >= 15 is 0 Å². The Balaban J connectivity index is 1.78. The van der Waals surface area contributed by atoms with Crippen LogP contribution in [0, 0.1) is 11.3 Å². The van der Waals surface area contributed by atoms with Crippen LogP contribution in [-0.4, -0.2) is 84.5 Å². The maximum absolute atomic E-state index is 13.7. The molecule has 38 heavy (non-hydrogen) atoms. The van der Waals surface area contributed by atoms with Crippen molar-refractivity contribution in [3.8, 4) is 0 Å². The number of benzene rings is 1. The molecule has 1 aliphatic heterocycles. The number of carbonyl (C=O) groups excluding carboxylic acids is 3. The van der Waals surface area contributed by atoms with E-state index in [-0.39, 0.29) is 18.7 Å². The second kappa shape index (κ2) is 12.9. The van der Waals surface area contributed by atoms with Crippen LogP contribution in [0.2, 0.25) is 0 Å². The Labute approximate surface area is 222 Å². The number of hydrogen-bond donors (Lipinski definition) is 4. The van der Waals surface area contributed by atoms with Gasteiger partial charge in [-0.25, -0.2) is 0 Å². The second-order valence-electron chi connectivity index (χ2n) is 10.4. The van der Waals surface area contributed by atoms with Gasteiger partial charge in [0.25, 0.3) is 0 Å². The summed E-state index contributed by atoms with van der Waals surface area (Å²) >= 11 is 0. The number of likely N-dealkylation sites (N-methyl/N-ethyl adjacent to an activating group) is 2. The standard InChI is InChI=1S/C27H38N4O7/c1-28-13-14-30(2)22(32)15-19(25(36)37)16-27(11-5-6-12-27)26(38)29-20-10-9-18-7-3-4-8-21(18)31(24(20)35)17-23(33)34/h3-4,7-8,19-20,28H,5-6,9-17H2,1-2H3,(H,29,38)(H,33,34)(H,36,37). The van der Waals surface area contributed by atoms with Gasteiger partial charge in [-0.15, -0.1) is 0 Å². The van der Waals surface area contributed by atoms with Gasteiger partial charge >= 0.3 is 11.9 Å². The van der Waals surface area contributed by atoms with Crippen LogP contribution in [0.15, 0.2) is 24.3 Å². The van der Waals surface area contributed by atoms with E-state index in [1.54, 1.807) is 26.2 Å². The highest BCUT2D eigenvalue weighted by Gasteiger charge is 2.46. The van der Waals surface area contributed by atoms with Crippen molar-refractivity contribution in [2.75, 3.05) is 38.6 Å². The summed E-state index contributed by atoms with van der Waals surface area (Å²) in [5, 5.41) is 25.2. The van der Waals surface area contributed by atoms with E-state index in [2.05, 4.69) is 10.6 Å². The normalized spacial score (nSPS) is 19.3. The fourth-order valence-electron chi connectivity index (χ4n) is 5.52. The molecule has 1 aliphatic carbocycles. The lowest BCUT2D eigenvalue weighted by atomic mass is 9.75. The molecule has 11 nitrogen and oxygen atoms in total. The van der Waals surface area contributed by atoms with Crippen molar-refractivity contribution in [2.45, 2.75) is 57.4 Å². The van der Waals surface area contributed by atoms with E-state index < -0.39 is 47.7 Å². The number of carboxylic acids is 2. The number of amides is 3. The number of nitrogens with zero attached hydrogens (tertiary/aromatic N) is 2. The lowest BCUT2D eigenvalue weighted by Gasteiger charge is -2.33. The molecule has 0 radical (unpaired) electrons. The van der Waals surface area contributed by atoms with E-state index in [0.29, 0.717) is 44.5 Å². The predicted molar refractivity (Wildman–Crippen MR) is 140 cm³/mol. The number of carbonyl (C=O) groups is 5. The number of fused-ring (bicyclic) bond motifs is 1. The van der Waals surface area contributed by atoms with Gasteiger partial charge in [0, 0.05) is 32.2 Å². The number of anilines is 1. The zero-order valence-electron chi connectivity index (χ0n) is 22.1. The molecule has 0 saturated heterocycles. The van der Waals surface area contributed by atoms with E-state index in [9.17, 15) is 34.2 Å². The quantitative estimate of drug-likeness (QED) is 0.315. The predicted octanol–water partition coefficient (Wildman–Crippen LogP) is 1.25. The molecule has 1 fully saturated rings. The molecule has 1 aromatic carbocycles. The topological polar surface area (TPSA) is 156 Å². The van der Waals surface area contributed by atoms with Crippen molar-refractivity contribution >= 4 is 35.3 Å². The monoisotopic (exact) mass is 530 g/mol. The van der Waals surface area contributed by atoms with Gasteiger partial charge in [0.1, 0.15) is 12.6 Å². The molecule has 3 amide bonds. The van der Waals surface area contributed by atoms with Crippen LogP contribution in [0.5, 0.6) is 0 Å². The first-order valence-electron chi connectivity index (χ1n) is 13.1. The fraction of sp³-hybridized carbons (Fsp3) is 0.593. The molecule has 1 aromatic rings. The summed E-state index contributed by atoms with van der Waals surface area (Å²) < 4.78 is 0. The molecule has 2 aliphatic rings. The Morgan fingerprint density at radius 3 is 2.47 bits per heavy atom. The first kappa shape index (κ1) is 29.1. The average Bonchev–Trinajstić information content (AvgIpc) is 3.32. The third-order valence-electron chi connectivity index (χ3n) is 7.72. The van der Waals surface area contributed by atoms with Crippen molar-refractivity contribution in [2.24, 2.45) is 11.3 Å². The summed E-state index contributed by atoms with van der Waals surface area (Å²) in [4.78, 5) is 66.2. The highest BCUT2D eigenvalue weighted by atomic mass is 16.4. The Morgan fingerprint density at radius 1 is 1.16 bits per heavy atom. The fourth-order valence-corrected chi connectivity index (χ4v) is 5.52. The molecule has 208 valence electrons. The number of hydrogen-bond acceptors (Lipinski definition) is 6. The number of aryl methyl sites for hydroxylation is 1. The molecule has 11 heteroatoms. The summed E-state index contributed by atoms with van der Waals surface area (Å²) in [6, 6.07) is 6.14. The zero-order chi connectivity index (χ0) is 27.9. The maximum Gasteiger partial charge on any atom is 0.323 e. The number of aliphatic carboxylic acids is 2. The van der Waals surface area contributed by atoms with Crippen molar-refractivity contribution < 1.29 is 34.2 Å².